The van der Waals surface area contributed by atoms with E-state index in [1.54, 1.807) is 0 Å². The first-order valence-corrected chi connectivity index (χ1v) is 4.55. The predicted molar refractivity (Wildman–Crippen MR) is 50.2 cm³/mol. The van der Waals surface area contributed by atoms with Crippen LogP contribution in [0.15, 0.2) is 23.4 Å². The Bertz CT molecular complexity index is 326. The highest BCUT2D eigenvalue weighted by Crippen LogP contribution is 2.43. The molecule has 0 aromatic carbocycles. The fourth-order valence-corrected chi connectivity index (χ4v) is 1.99. The fraction of sp³-hybridized carbons (Fsp3) is 0.500. The van der Waals surface area contributed by atoms with Gasteiger partial charge in [0.25, 0.3) is 5.91 Å². The van der Waals surface area contributed by atoms with Crippen molar-refractivity contribution in [3.05, 3.63) is 23.4 Å². The van der Waals surface area contributed by atoms with Crippen LogP contribution in [0.5, 0.6) is 0 Å². The van der Waals surface area contributed by atoms with Crippen LogP contribution in [0.25, 0.3) is 0 Å². The van der Waals surface area contributed by atoms with Gasteiger partial charge in [-0.15, -0.1) is 0 Å². The first-order valence-electron chi connectivity index (χ1n) is 4.55. The topological polar surface area (TPSA) is 46.3 Å². The maximum Gasteiger partial charge on any atom is 0.251 e. The minimum Gasteiger partial charge on any atom is -0.272 e. The number of amides is 1. The van der Waals surface area contributed by atoms with Crippen molar-refractivity contribution in [2.45, 2.75) is 26.7 Å². The van der Waals surface area contributed by atoms with Crippen LogP contribution in [0.1, 0.15) is 26.7 Å². The lowest BCUT2D eigenvalue weighted by atomic mass is 9.83. The zero-order chi connectivity index (χ0) is 9.64. The summed E-state index contributed by atoms with van der Waals surface area (Å²) in [5.41, 5.74) is 1.56. The lowest BCUT2D eigenvalue weighted by Gasteiger charge is -2.16. The first kappa shape index (κ1) is 8.51. The van der Waals surface area contributed by atoms with Crippen molar-refractivity contribution in [2.75, 3.05) is 0 Å². The standard InChI is InChI=1S/C10H14N2O/c1-10(2)7-5-3-4-6-8(7)12(11)9(10)13/h5-6H,3-4,11H2,1-2H3. The van der Waals surface area contributed by atoms with Gasteiger partial charge in [-0.3, -0.25) is 4.79 Å². The van der Waals surface area contributed by atoms with Gasteiger partial charge >= 0.3 is 0 Å². The minimum atomic E-state index is -0.430. The van der Waals surface area contributed by atoms with Crippen molar-refractivity contribution in [1.82, 2.24) is 5.01 Å². The quantitative estimate of drug-likeness (QED) is 0.449. The fourth-order valence-electron chi connectivity index (χ4n) is 1.99. The van der Waals surface area contributed by atoms with Gasteiger partial charge in [-0.1, -0.05) is 12.2 Å². The molecule has 2 N–H and O–H groups in total. The van der Waals surface area contributed by atoms with E-state index in [1.807, 2.05) is 19.9 Å². The number of carbonyl (C=O) groups excluding carboxylic acids is 1. The number of hydrazine groups is 1. The summed E-state index contributed by atoms with van der Waals surface area (Å²) in [4.78, 5) is 11.7. The molecule has 1 heterocycles. The third-order valence-electron chi connectivity index (χ3n) is 2.82. The number of nitrogens with zero attached hydrogens (tertiary/aromatic N) is 1. The lowest BCUT2D eigenvalue weighted by molar-refractivity contribution is -0.133. The van der Waals surface area contributed by atoms with Crippen LogP contribution in [0.3, 0.4) is 0 Å². The first-order chi connectivity index (χ1) is 6.05. The molecule has 3 nitrogen and oxygen atoms in total. The van der Waals surface area contributed by atoms with Crippen LogP contribution in [-0.4, -0.2) is 10.9 Å². The van der Waals surface area contributed by atoms with E-state index in [2.05, 4.69) is 6.08 Å². The average Bonchev–Trinajstić information content (AvgIpc) is 2.30. The molecule has 1 saturated heterocycles. The molecule has 3 heteroatoms. The van der Waals surface area contributed by atoms with E-state index >= 15 is 0 Å². The van der Waals surface area contributed by atoms with Gasteiger partial charge in [0.15, 0.2) is 0 Å². The van der Waals surface area contributed by atoms with Gasteiger partial charge in [0, 0.05) is 0 Å². The highest BCUT2D eigenvalue weighted by atomic mass is 16.2. The Kier molecular flexibility index (Phi) is 1.60. The summed E-state index contributed by atoms with van der Waals surface area (Å²) in [5, 5.41) is 1.28. The van der Waals surface area contributed by atoms with Crippen molar-refractivity contribution in [3.63, 3.8) is 0 Å². The second-order valence-corrected chi connectivity index (χ2v) is 4.08. The van der Waals surface area contributed by atoms with Crippen molar-refractivity contribution >= 4 is 5.91 Å². The molecule has 1 aliphatic heterocycles. The molecule has 0 saturated carbocycles. The maximum atomic E-state index is 11.7. The van der Waals surface area contributed by atoms with Crippen LogP contribution >= 0.6 is 0 Å². The molecule has 13 heavy (non-hydrogen) atoms. The molecule has 2 aliphatic rings. The largest absolute Gasteiger partial charge is 0.272 e. The molecule has 0 radical (unpaired) electrons. The molecular weight excluding hydrogens is 164 g/mol. The van der Waals surface area contributed by atoms with Crippen LogP contribution in [0.4, 0.5) is 0 Å². The van der Waals surface area contributed by atoms with E-state index in [0.717, 1.165) is 24.1 Å². The van der Waals surface area contributed by atoms with Crippen LogP contribution in [-0.2, 0) is 4.79 Å². The number of carbonyl (C=O) groups is 1. The lowest BCUT2D eigenvalue weighted by Crippen LogP contribution is -2.35. The van der Waals surface area contributed by atoms with Gasteiger partial charge in [-0.25, -0.2) is 10.9 Å². The van der Waals surface area contributed by atoms with Crippen molar-refractivity contribution in [1.29, 1.82) is 0 Å². The highest BCUT2D eigenvalue weighted by Gasteiger charge is 2.45. The molecule has 0 bridgehead atoms. The number of nitrogens with two attached hydrogens (primary N) is 1. The molecule has 0 unspecified atom stereocenters. The molecule has 0 atom stereocenters. The van der Waals surface area contributed by atoms with Gasteiger partial charge in [-0.05, 0) is 32.3 Å². The molecule has 1 aliphatic carbocycles. The Labute approximate surface area is 77.9 Å². The number of rotatable bonds is 0. The van der Waals surface area contributed by atoms with E-state index in [-0.39, 0.29) is 5.91 Å². The summed E-state index contributed by atoms with van der Waals surface area (Å²) >= 11 is 0. The molecule has 1 fully saturated rings. The van der Waals surface area contributed by atoms with Crippen molar-refractivity contribution in [3.8, 4) is 0 Å². The zero-order valence-electron chi connectivity index (χ0n) is 8.00. The minimum absolute atomic E-state index is 0.00750. The smallest absolute Gasteiger partial charge is 0.251 e. The van der Waals surface area contributed by atoms with E-state index in [4.69, 9.17) is 5.84 Å². The molecule has 70 valence electrons. The molecule has 0 spiro atoms. The highest BCUT2D eigenvalue weighted by molar-refractivity contribution is 5.92. The monoisotopic (exact) mass is 178 g/mol. The summed E-state index contributed by atoms with van der Waals surface area (Å²) in [6.07, 6.45) is 6.17. The van der Waals surface area contributed by atoms with Crippen LogP contribution in [0.2, 0.25) is 0 Å². The van der Waals surface area contributed by atoms with Crippen LogP contribution in [0, 0.1) is 5.41 Å². The zero-order valence-corrected chi connectivity index (χ0v) is 8.00. The normalized spacial score (nSPS) is 25.5. The Morgan fingerprint density at radius 2 is 2.00 bits per heavy atom. The summed E-state index contributed by atoms with van der Waals surface area (Å²) in [6.45, 7) is 3.85. The molecule has 0 aromatic heterocycles. The van der Waals surface area contributed by atoms with E-state index in [9.17, 15) is 4.79 Å². The SMILES string of the molecule is CC1(C)C(=O)N(N)C2=CCCC=C21. The Morgan fingerprint density at radius 1 is 1.38 bits per heavy atom. The second-order valence-electron chi connectivity index (χ2n) is 4.08. The number of hydrogen-bond acceptors (Lipinski definition) is 2. The summed E-state index contributed by atoms with van der Waals surface area (Å²) in [7, 11) is 0. The van der Waals surface area contributed by atoms with Gasteiger partial charge < -0.3 is 0 Å². The molecular formula is C10H14N2O. The van der Waals surface area contributed by atoms with Gasteiger partial charge in [0.2, 0.25) is 0 Å². The van der Waals surface area contributed by atoms with E-state index in [0.29, 0.717) is 0 Å². The summed E-state index contributed by atoms with van der Waals surface area (Å²) in [6, 6.07) is 0. The third-order valence-corrected chi connectivity index (χ3v) is 2.82. The average molecular weight is 178 g/mol. The van der Waals surface area contributed by atoms with Crippen molar-refractivity contribution < 1.29 is 4.79 Å². The molecule has 1 amide bonds. The van der Waals surface area contributed by atoms with Gasteiger partial charge in [0.05, 0.1) is 11.1 Å². The van der Waals surface area contributed by atoms with E-state index in [1.165, 1.54) is 5.01 Å². The second kappa shape index (κ2) is 2.45. The van der Waals surface area contributed by atoms with Crippen LogP contribution < -0.4 is 5.84 Å². The van der Waals surface area contributed by atoms with E-state index < -0.39 is 5.41 Å². The summed E-state index contributed by atoms with van der Waals surface area (Å²) < 4.78 is 0. The summed E-state index contributed by atoms with van der Waals surface area (Å²) in [5.74, 6) is 5.68. The van der Waals surface area contributed by atoms with Gasteiger partial charge in [-0.2, -0.15) is 0 Å². The molecule has 2 rings (SSSR count). The molecule has 0 aromatic rings. The Morgan fingerprint density at radius 3 is 2.62 bits per heavy atom. The Hall–Kier alpha value is -1.09. The Balaban J connectivity index is 2.54. The van der Waals surface area contributed by atoms with Crippen molar-refractivity contribution in [2.24, 2.45) is 11.3 Å². The third kappa shape index (κ3) is 0.968. The van der Waals surface area contributed by atoms with Gasteiger partial charge in [0.1, 0.15) is 0 Å². The number of fused-ring (bicyclic) bond motifs is 1. The number of allylic oxidation sites excluding steroid dienone is 3. The predicted octanol–water partition coefficient (Wildman–Crippen LogP) is 1.33. The maximum absolute atomic E-state index is 11.7. The number of hydrogen-bond donors (Lipinski definition) is 1.